The van der Waals surface area contributed by atoms with Crippen molar-refractivity contribution in [2.75, 3.05) is 0 Å². The Hall–Kier alpha value is -0.461. The number of phenols is 1. The summed E-state index contributed by atoms with van der Waals surface area (Å²) in [6.45, 7) is -2.28. The minimum absolute atomic E-state index is 0.322. The molecule has 0 aliphatic carbocycles. The van der Waals surface area contributed by atoms with Gasteiger partial charge in [-0.05, 0) is 12.1 Å². The molecule has 10 aliphatic rings. The Morgan fingerprint density at radius 1 is 0.611 bits per heavy atom. The van der Waals surface area contributed by atoms with Crippen LogP contribution in [0.25, 0.3) is 0 Å². The first-order valence-corrected chi connectivity index (χ1v) is 13.9. The fourth-order valence-corrected chi connectivity index (χ4v) is 88.4. The predicted octanol–water partition coefficient (Wildman–Crippen LogP) is 4.77. The molecule has 0 aromatic heterocycles. The first kappa shape index (κ1) is 6.81. The molecule has 10 saturated heterocycles. The molecule has 18 heavy (non-hydrogen) atoms. The molecule has 1 N–H and O–H groups in total. The first-order valence-electron chi connectivity index (χ1n) is 7.51. The number of fused-ring (bicyclic) bond motifs is 10. The van der Waals surface area contributed by atoms with Gasteiger partial charge in [-0.2, -0.15) is 0 Å². The van der Waals surface area contributed by atoms with Gasteiger partial charge in [-0.3, -0.25) is 0 Å². The zero-order chi connectivity index (χ0) is 11.2. The van der Waals surface area contributed by atoms with Crippen LogP contribution in [-0.4, -0.2) is 5.11 Å². The molecule has 0 bridgehead atoms. The van der Waals surface area contributed by atoms with Gasteiger partial charge < -0.3 is 5.11 Å². The molecule has 0 amide bonds. The zero-order valence-corrected chi connectivity index (χ0v) is 11.1. The molecule has 1 nitrogen and oxygen atoms in total. The molecule has 1 aromatic rings. The molecular formula is C16H16FeO. The van der Waals surface area contributed by atoms with Gasteiger partial charge in [0, 0.05) is 0 Å². The van der Waals surface area contributed by atoms with Crippen LogP contribution in [-0.2, 0) is 6.51 Å². The molecule has 11 rings (SSSR count). The Bertz CT molecular complexity index is 844. The summed E-state index contributed by atoms with van der Waals surface area (Å²) in [6.07, 6.45) is 0. The van der Waals surface area contributed by atoms with E-state index in [9.17, 15) is 0 Å². The monoisotopic (exact) mass is 280 g/mol. The fraction of sp³-hybridized carbons (Fsp3) is 0.625. The van der Waals surface area contributed by atoms with E-state index in [2.05, 4.69) is 0 Å². The quantitative estimate of drug-likeness (QED) is 0.679. The summed E-state index contributed by atoms with van der Waals surface area (Å²) < 4.78 is 0. The van der Waals surface area contributed by atoms with Gasteiger partial charge in [-0.25, -0.2) is 0 Å². The van der Waals surface area contributed by atoms with Gasteiger partial charge >= 0.3 is 54.7 Å². The van der Waals surface area contributed by atoms with E-state index in [1.165, 1.54) is 0 Å². The van der Waals surface area contributed by atoms with E-state index < -0.39 is 6.51 Å². The summed E-state index contributed by atoms with van der Waals surface area (Å²) in [6, 6.07) is 8.71. The third kappa shape index (κ3) is 0.0763. The maximum absolute atomic E-state index is 8.63. The molecule has 10 aliphatic heterocycles. The number of rotatable bonds is 0. The van der Waals surface area contributed by atoms with E-state index in [4.69, 9.17) is 5.11 Å². The number of hydrogen-bond acceptors (Lipinski definition) is 1. The number of aromatic hydroxyl groups is 1. The normalized spacial score (nSPS) is 108. The van der Waals surface area contributed by atoms with Crippen LogP contribution in [0.4, 0.5) is 0 Å². The molecule has 1 spiro atoms. The van der Waals surface area contributed by atoms with Gasteiger partial charge in [0.2, 0.25) is 0 Å². The van der Waals surface area contributed by atoms with Crippen molar-refractivity contribution in [3.8, 4) is 5.75 Å². The molecule has 10 fully saturated rings. The predicted molar refractivity (Wildman–Crippen MR) is 65.6 cm³/mol. The van der Waals surface area contributed by atoms with Crippen LogP contribution in [0, 0.1) is 0 Å². The second kappa shape index (κ2) is 0.586. The van der Waals surface area contributed by atoms with Crippen molar-refractivity contribution in [2.45, 2.75) is 48.2 Å². The summed E-state index contributed by atoms with van der Waals surface area (Å²) >= 11 is 0. The summed E-state index contributed by atoms with van der Waals surface area (Å²) in [5.41, 5.74) is 0. The van der Waals surface area contributed by atoms with Gasteiger partial charge in [0.25, 0.3) is 0 Å². The summed E-state index contributed by atoms with van der Waals surface area (Å²) in [4.78, 5) is 15.9. The Morgan fingerprint density at radius 2 is 0.944 bits per heavy atom. The third-order valence-electron chi connectivity index (χ3n) is 15.3. The molecular weight excluding hydrogens is 264 g/mol. The summed E-state index contributed by atoms with van der Waals surface area (Å²) in [7, 11) is 0. The average Bonchev–Trinajstić information content (AvgIpc) is 3.33. The van der Waals surface area contributed by atoms with Crippen LogP contribution in [0.5, 0.6) is 5.75 Å². The third-order valence-corrected chi connectivity index (χ3v) is 57.2. The molecule has 2 heteroatoms. The van der Waals surface area contributed by atoms with Crippen molar-refractivity contribution in [1.29, 1.82) is 0 Å². The molecule has 0 atom stereocenters. The number of hydrogen-bond donors (Lipinski definition) is 1. The van der Waals surface area contributed by atoms with Crippen molar-refractivity contribution in [2.24, 2.45) is 0 Å². The zero-order valence-electron chi connectivity index (χ0n) is 9.96. The molecule has 94 valence electrons. The SMILES string of the molecule is Oc1ccccc1.[CH]12[CH]3[CH]4[CH]5[CH]1[Fe]23451678[CH]2[CH]1[CH]6[CH]7[CH]28. The summed E-state index contributed by atoms with van der Waals surface area (Å²) in [5.74, 6) is 0.322. The topological polar surface area (TPSA) is 20.2 Å². The molecule has 10 heterocycles. The van der Waals surface area contributed by atoms with Crippen LogP contribution in [0.2, 0.25) is 48.2 Å². The van der Waals surface area contributed by atoms with E-state index in [-0.39, 0.29) is 0 Å². The van der Waals surface area contributed by atoms with Crippen LogP contribution >= 0.6 is 0 Å². The Morgan fingerprint density at radius 3 is 1.06 bits per heavy atom. The second-order valence-electron chi connectivity index (χ2n) is 10.9. The van der Waals surface area contributed by atoms with E-state index >= 15 is 0 Å². The van der Waals surface area contributed by atoms with Crippen LogP contribution in [0.15, 0.2) is 30.3 Å². The Balaban J connectivity index is 0.0000000857. The second-order valence-corrected chi connectivity index (χ2v) is 34.8. The molecule has 0 radical (unpaired) electrons. The fourth-order valence-electron chi connectivity index (χ4n) is 16.2. The number of phenolic OH excluding ortho intramolecular Hbond substituents is 1. The van der Waals surface area contributed by atoms with Crippen molar-refractivity contribution in [3.63, 3.8) is 0 Å². The van der Waals surface area contributed by atoms with Crippen molar-refractivity contribution in [3.05, 3.63) is 30.3 Å². The van der Waals surface area contributed by atoms with Gasteiger partial charge in [0.1, 0.15) is 5.75 Å². The first-order chi connectivity index (χ1) is 8.55. The van der Waals surface area contributed by atoms with Crippen LogP contribution in [0.1, 0.15) is 0 Å². The average molecular weight is 280 g/mol. The Kier molecular flexibility index (Phi) is 0.222. The van der Waals surface area contributed by atoms with Crippen molar-refractivity contribution >= 4 is 0 Å². The van der Waals surface area contributed by atoms with Gasteiger partial charge in [0.15, 0.2) is 0 Å². The Labute approximate surface area is 95.9 Å². The van der Waals surface area contributed by atoms with E-state index in [1.807, 2.05) is 6.07 Å². The molecule has 0 saturated carbocycles. The van der Waals surface area contributed by atoms with Crippen molar-refractivity contribution in [1.82, 2.24) is 0 Å². The summed E-state index contributed by atoms with van der Waals surface area (Å²) in [5, 5.41) is 8.63. The van der Waals surface area contributed by atoms with Gasteiger partial charge in [0.05, 0.1) is 0 Å². The van der Waals surface area contributed by atoms with Gasteiger partial charge in [-0.15, -0.1) is 0 Å². The molecule has 0 unspecified atom stereocenters. The van der Waals surface area contributed by atoms with Crippen LogP contribution < -0.4 is 0 Å². The maximum atomic E-state index is 8.63. The van der Waals surface area contributed by atoms with E-state index in [1.54, 1.807) is 72.4 Å². The van der Waals surface area contributed by atoms with E-state index in [0.29, 0.717) is 5.75 Å². The molecule has 1 aromatic carbocycles. The standard InChI is InChI=1S/C6H6O.2C5H5.Fe/c7-6-4-2-1-3-5-6;2*1-2-4-5-3-1;/h1-5,7H;2*1-5H;. The van der Waals surface area contributed by atoms with Crippen molar-refractivity contribution < 1.29 is 11.6 Å². The minimum atomic E-state index is -2.28. The van der Waals surface area contributed by atoms with E-state index in [0.717, 1.165) is 0 Å². The number of benzene rings is 1. The number of para-hydroxylation sites is 1. The van der Waals surface area contributed by atoms with Gasteiger partial charge in [-0.1, -0.05) is 18.2 Å². The van der Waals surface area contributed by atoms with Crippen LogP contribution in [0.3, 0.4) is 0 Å².